The minimum Gasteiger partial charge on any atom is -0.353 e. The number of benzene rings is 1. The monoisotopic (exact) mass is 492 g/mol. The molecule has 0 radical (unpaired) electrons. The molecule has 9 heteroatoms. The van der Waals surface area contributed by atoms with Crippen molar-refractivity contribution in [3.05, 3.63) is 28.7 Å². The van der Waals surface area contributed by atoms with Crippen LogP contribution < -0.4 is 10.6 Å². The highest BCUT2D eigenvalue weighted by Gasteiger charge is 2.28. The molecule has 4 rings (SSSR count). The Bertz CT molecular complexity index is 911. The molecule has 2 saturated carbocycles. The summed E-state index contributed by atoms with van der Waals surface area (Å²) in [7, 11) is 0. The number of halogens is 1. The highest BCUT2D eigenvalue weighted by atomic mass is 35.5. The van der Waals surface area contributed by atoms with Crippen LogP contribution in [0.2, 0.25) is 5.02 Å². The van der Waals surface area contributed by atoms with Crippen LogP contribution in [0, 0.1) is 11.8 Å². The van der Waals surface area contributed by atoms with Crippen LogP contribution in [0.15, 0.2) is 32.9 Å². The standard InChI is InChI=1S/C23H29ClN4O2S2/c24-19-13-18(10-11-20(19)32-23-28-25-14-31-23)27-22(30)16-6-8-17(9-7-16)26-21(29)12-15-4-2-1-3-5-15/h10-11,13-17H,1-9,12H2,(H,26,29)(H,27,30). The van der Waals surface area contributed by atoms with Gasteiger partial charge in [0, 0.05) is 29.0 Å². The molecule has 2 aromatic rings. The van der Waals surface area contributed by atoms with Gasteiger partial charge >= 0.3 is 0 Å². The van der Waals surface area contributed by atoms with Crippen molar-refractivity contribution in [2.75, 3.05) is 5.32 Å². The third kappa shape index (κ3) is 6.68. The highest BCUT2D eigenvalue weighted by molar-refractivity contribution is 8.01. The van der Waals surface area contributed by atoms with Gasteiger partial charge in [-0.3, -0.25) is 9.59 Å². The quantitative estimate of drug-likeness (QED) is 0.500. The van der Waals surface area contributed by atoms with E-state index in [1.54, 1.807) is 11.6 Å². The SMILES string of the molecule is O=C(CC1CCCCC1)NC1CCC(C(=O)Nc2ccc(Sc3nncs3)c(Cl)c2)CC1. The van der Waals surface area contributed by atoms with Gasteiger partial charge in [0.15, 0.2) is 4.34 Å². The van der Waals surface area contributed by atoms with E-state index in [-0.39, 0.29) is 23.8 Å². The molecule has 2 amide bonds. The van der Waals surface area contributed by atoms with E-state index >= 15 is 0 Å². The average Bonchev–Trinajstić information content (AvgIpc) is 3.30. The lowest BCUT2D eigenvalue weighted by atomic mass is 9.84. The molecule has 172 valence electrons. The van der Waals surface area contributed by atoms with Crippen molar-refractivity contribution < 1.29 is 9.59 Å². The van der Waals surface area contributed by atoms with Crippen molar-refractivity contribution in [1.82, 2.24) is 15.5 Å². The van der Waals surface area contributed by atoms with E-state index in [1.807, 2.05) is 12.1 Å². The van der Waals surface area contributed by atoms with Crippen molar-refractivity contribution in [1.29, 1.82) is 0 Å². The fraction of sp³-hybridized carbons (Fsp3) is 0.565. The molecule has 2 aliphatic carbocycles. The summed E-state index contributed by atoms with van der Waals surface area (Å²) in [5.74, 6) is 0.736. The third-order valence-corrected chi connectivity index (χ3v) is 8.68. The van der Waals surface area contributed by atoms with Crippen LogP contribution in [-0.4, -0.2) is 28.1 Å². The fourth-order valence-corrected chi connectivity index (χ4v) is 6.38. The Morgan fingerprint density at radius 1 is 1.09 bits per heavy atom. The Balaban J connectivity index is 1.21. The molecule has 0 spiro atoms. The van der Waals surface area contributed by atoms with Gasteiger partial charge in [0.2, 0.25) is 11.8 Å². The second-order valence-electron chi connectivity index (χ2n) is 8.77. The molecule has 2 fully saturated rings. The molecule has 6 nitrogen and oxygen atoms in total. The molecule has 0 bridgehead atoms. The van der Waals surface area contributed by atoms with Gasteiger partial charge in [-0.2, -0.15) is 0 Å². The lowest BCUT2D eigenvalue weighted by molar-refractivity contribution is -0.123. The highest BCUT2D eigenvalue weighted by Crippen LogP contribution is 2.35. The summed E-state index contributed by atoms with van der Waals surface area (Å²) in [6, 6.07) is 5.73. The zero-order valence-corrected chi connectivity index (χ0v) is 20.4. The van der Waals surface area contributed by atoms with E-state index in [4.69, 9.17) is 11.6 Å². The molecule has 0 atom stereocenters. The average molecular weight is 493 g/mol. The topological polar surface area (TPSA) is 84.0 Å². The molecular weight excluding hydrogens is 464 g/mol. The molecule has 1 heterocycles. The van der Waals surface area contributed by atoms with Gasteiger partial charge in [0.05, 0.1) is 5.02 Å². The van der Waals surface area contributed by atoms with E-state index in [1.165, 1.54) is 55.2 Å². The van der Waals surface area contributed by atoms with Gasteiger partial charge in [-0.15, -0.1) is 10.2 Å². The summed E-state index contributed by atoms with van der Waals surface area (Å²) < 4.78 is 0.825. The first-order chi connectivity index (χ1) is 15.6. The minimum atomic E-state index is -0.0317. The molecule has 0 saturated heterocycles. The number of rotatable bonds is 7. The molecular formula is C23H29ClN4O2S2. The zero-order chi connectivity index (χ0) is 22.3. The number of hydrogen-bond acceptors (Lipinski definition) is 6. The number of carbonyl (C=O) groups is 2. The summed E-state index contributed by atoms with van der Waals surface area (Å²) in [6.07, 6.45) is 10.1. The van der Waals surface area contributed by atoms with Crippen LogP contribution in [-0.2, 0) is 9.59 Å². The summed E-state index contributed by atoms with van der Waals surface area (Å²) in [5, 5.41) is 14.6. The Labute approximate surface area is 202 Å². The van der Waals surface area contributed by atoms with Gasteiger partial charge in [0.25, 0.3) is 0 Å². The largest absolute Gasteiger partial charge is 0.353 e. The van der Waals surface area contributed by atoms with Crippen molar-refractivity contribution >= 4 is 52.2 Å². The third-order valence-electron chi connectivity index (χ3n) is 6.40. The van der Waals surface area contributed by atoms with Crippen LogP contribution in [0.5, 0.6) is 0 Å². The second-order valence-corrected chi connectivity index (χ2v) is 11.3. The number of nitrogens with zero attached hydrogens (tertiary/aromatic N) is 2. The van der Waals surface area contributed by atoms with E-state index in [0.29, 0.717) is 23.0 Å². The summed E-state index contributed by atoms with van der Waals surface area (Å²) in [6.45, 7) is 0. The maximum absolute atomic E-state index is 12.7. The van der Waals surface area contributed by atoms with Crippen LogP contribution in [0.25, 0.3) is 0 Å². The molecule has 2 N–H and O–H groups in total. The van der Waals surface area contributed by atoms with Crippen molar-refractivity contribution in [3.8, 4) is 0 Å². The number of carbonyl (C=O) groups excluding carboxylic acids is 2. The summed E-state index contributed by atoms with van der Waals surface area (Å²) >= 11 is 9.31. The normalized spacial score (nSPS) is 21.8. The maximum Gasteiger partial charge on any atom is 0.227 e. The molecule has 0 aliphatic heterocycles. The van der Waals surface area contributed by atoms with Gasteiger partial charge in [0.1, 0.15) is 5.51 Å². The van der Waals surface area contributed by atoms with Crippen molar-refractivity contribution in [2.24, 2.45) is 11.8 Å². The number of hydrogen-bond donors (Lipinski definition) is 2. The van der Waals surface area contributed by atoms with Crippen molar-refractivity contribution in [3.63, 3.8) is 0 Å². The number of nitrogens with one attached hydrogen (secondary N) is 2. The lowest BCUT2D eigenvalue weighted by Gasteiger charge is -2.29. The molecule has 0 unspecified atom stereocenters. The predicted octanol–water partition coefficient (Wildman–Crippen LogP) is 5.93. The molecule has 32 heavy (non-hydrogen) atoms. The minimum absolute atomic E-state index is 0.0255. The number of anilines is 1. The maximum atomic E-state index is 12.7. The second kappa shape index (κ2) is 11.5. The van der Waals surface area contributed by atoms with Gasteiger partial charge in [-0.05, 0) is 62.6 Å². The van der Waals surface area contributed by atoms with E-state index < -0.39 is 0 Å². The van der Waals surface area contributed by atoms with Crippen LogP contribution in [0.4, 0.5) is 5.69 Å². The van der Waals surface area contributed by atoms with Gasteiger partial charge in [-0.25, -0.2) is 0 Å². The fourth-order valence-electron chi connectivity index (χ4n) is 4.65. The van der Waals surface area contributed by atoms with E-state index in [0.717, 1.165) is 34.9 Å². The van der Waals surface area contributed by atoms with Crippen LogP contribution in [0.3, 0.4) is 0 Å². The van der Waals surface area contributed by atoms with Crippen molar-refractivity contribution in [2.45, 2.75) is 79.5 Å². The van der Waals surface area contributed by atoms with E-state index in [9.17, 15) is 9.59 Å². The Morgan fingerprint density at radius 3 is 2.56 bits per heavy atom. The Kier molecular flexibility index (Phi) is 8.43. The van der Waals surface area contributed by atoms with E-state index in [2.05, 4.69) is 20.8 Å². The molecule has 1 aromatic heterocycles. The summed E-state index contributed by atoms with van der Waals surface area (Å²) in [4.78, 5) is 26.0. The zero-order valence-electron chi connectivity index (χ0n) is 18.0. The number of amides is 2. The Morgan fingerprint density at radius 2 is 1.88 bits per heavy atom. The smallest absolute Gasteiger partial charge is 0.227 e. The first kappa shape index (κ1) is 23.5. The first-order valence-corrected chi connectivity index (χ1v) is 13.5. The summed E-state index contributed by atoms with van der Waals surface area (Å²) in [5.41, 5.74) is 2.38. The lowest BCUT2D eigenvalue weighted by Crippen LogP contribution is -2.40. The number of aromatic nitrogens is 2. The van der Waals surface area contributed by atoms with Gasteiger partial charge in [-0.1, -0.05) is 54.0 Å². The molecule has 1 aromatic carbocycles. The first-order valence-electron chi connectivity index (χ1n) is 11.4. The molecule has 2 aliphatic rings. The van der Waals surface area contributed by atoms with Crippen LogP contribution in [0.1, 0.15) is 64.2 Å². The van der Waals surface area contributed by atoms with Crippen LogP contribution >= 0.6 is 34.7 Å². The van der Waals surface area contributed by atoms with Gasteiger partial charge < -0.3 is 10.6 Å². The Hall–Kier alpha value is -1.64. The predicted molar refractivity (Wildman–Crippen MR) is 129 cm³/mol.